The number of ether oxygens (including phenoxy) is 1. The summed E-state index contributed by atoms with van der Waals surface area (Å²) >= 11 is 0. The van der Waals surface area contributed by atoms with Crippen molar-refractivity contribution in [1.29, 1.82) is 5.26 Å². The Kier molecular flexibility index (Phi) is 7.62. The Hall–Kier alpha value is -4.91. The standard InChI is InChI=1S/C31H33N7O3/c1-31(2,3)17-20(18-32)29(39)36-21-9-11-23(12-10-21)38-28-26(27(33)34-19-35-28)37(30(38)40)22-13-15-25(16-14-22)41-24-7-5-4-6-8-24/h4-8,13-17,19,21,23H,9-12H2,1-3H3,(H,36,39)(H2,33,34,35). The molecule has 3 N–H and O–H groups in total. The van der Waals surface area contributed by atoms with Gasteiger partial charge in [0.25, 0.3) is 5.91 Å². The lowest BCUT2D eigenvalue weighted by molar-refractivity contribution is -0.118. The summed E-state index contributed by atoms with van der Waals surface area (Å²) in [6.45, 7) is 5.83. The third-order valence-corrected chi connectivity index (χ3v) is 7.09. The Morgan fingerprint density at radius 3 is 2.34 bits per heavy atom. The van der Waals surface area contributed by atoms with Crippen molar-refractivity contribution in [3.63, 3.8) is 0 Å². The highest BCUT2D eigenvalue weighted by atomic mass is 16.5. The van der Waals surface area contributed by atoms with Crippen molar-refractivity contribution in [3.05, 3.63) is 83.1 Å². The lowest BCUT2D eigenvalue weighted by Crippen LogP contribution is -2.40. The van der Waals surface area contributed by atoms with Gasteiger partial charge in [-0.2, -0.15) is 5.26 Å². The Labute approximate surface area is 238 Å². The summed E-state index contributed by atoms with van der Waals surface area (Å²) < 4.78 is 9.14. The SMILES string of the molecule is CC(C)(C)C=C(C#N)C(=O)NC1CCC(n2c(=O)n(-c3ccc(Oc4ccccc4)cc3)c3c(N)ncnc32)CC1. The fourth-order valence-corrected chi connectivity index (χ4v) is 5.25. The van der Waals surface area contributed by atoms with Crippen LogP contribution in [-0.4, -0.2) is 31.1 Å². The quantitative estimate of drug-likeness (QED) is 0.252. The molecule has 1 fully saturated rings. The zero-order valence-electron chi connectivity index (χ0n) is 23.4. The molecule has 0 bridgehead atoms. The first-order valence-electron chi connectivity index (χ1n) is 13.6. The van der Waals surface area contributed by atoms with Gasteiger partial charge in [0, 0.05) is 12.1 Å². The number of hydrogen-bond acceptors (Lipinski definition) is 7. The van der Waals surface area contributed by atoms with E-state index >= 15 is 0 Å². The molecule has 210 valence electrons. The first-order valence-corrected chi connectivity index (χ1v) is 13.6. The highest BCUT2D eigenvalue weighted by molar-refractivity contribution is 5.97. The molecule has 2 heterocycles. The third-order valence-electron chi connectivity index (χ3n) is 7.09. The molecule has 0 aliphatic heterocycles. The number of nitriles is 1. The smallest absolute Gasteiger partial charge is 0.335 e. The zero-order valence-corrected chi connectivity index (χ0v) is 23.4. The third kappa shape index (κ3) is 5.99. The van der Waals surface area contributed by atoms with Gasteiger partial charge in [0.2, 0.25) is 0 Å². The van der Waals surface area contributed by atoms with Gasteiger partial charge in [0.15, 0.2) is 11.5 Å². The number of nitrogen functional groups attached to an aromatic ring is 1. The van der Waals surface area contributed by atoms with Gasteiger partial charge in [-0.05, 0) is 67.5 Å². The average molecular weight is 552 g/mol. The molecule has 10 heteroatoms. The Morgan fingerprint density at radius 1 is 1.05 bits per heavy atom. The number of carbonyl (C=O) groups is 1. The van der Waals surface area contributed by atoms with Gasteiger partial charge in [-0.25, -0.2) is 14.8 Å². The van der Waals surface area contributed by atoms with E-state index in [0.29, 0.717) is 54.0 Å². The number of amides is 1. The number of carbonyl (C=O) groups excluding carboxylic acids is 1. The number of nitrogens with zero attached hydrogens (tertiary/aromatic N) is 5. The summed E-state index contributed by atoms with van der Waals surface area (Å²) in [5, 5.41) is 12.5. The Bertz CT molecular complexity index is 1680. The van der Waals surface area contributed by atoms with E-state index in [4.69, 9.17) is 10.5 Å². The summed E-state index contributed by atoms with van der Waals surface area (Å²) in [6, 6.07) is 18.5. The van der Waals surface area contributed by atoms with Crippen molar-refractivity contribution >= 4 is 22.9 Å². The minimum atomic E-state index is -0.361. The molecule has 1 aliphatic rings. The number of aromatic nitrogens is 4. The van der Waals surface area contributed by atoms with Crippen LogP contribution in [0.4, 0.5) is 5.82 Å². The van der Waals surface area contributed by atoms with Crippen molar-refractivity contribution in [2.75, 3.05) is 5.73 Å². The van der Waals surface area contributed by atoms with E-state index in [2.05, 4.69) is 15.3 Å². The molecule has 0 radical (unpaired) electrons. The maximum Gasteiger partial charge on any atom is 0.335 e. The van der Waals surface area contributed by atoms with Gasteiger partial charge in [-0.15, -0.1) is 0 Å². The molecule has 2 aromatic carbocycles. The van der Waals surface area contributed by atoms with Crippen LogP contribution in [0.3, 0.4) is 0 Å². The molecule has 41 heavy (non-hydrogen) atoms. The van der Waals surface area contributed by atoms with Crippen molar-refractivity contribution < 1.29 is 9.53 Å². The molecule has 2 aromatic heterocycles. The molecule has 0 atom stereocenters. The maximum atomic E-state index is 13.9. The van der Waals surface area contributed by atoms with E-state index in [9.17, 15) is 14.9 Å². The van der Waals surface area contributed by atoms with E-state index in [1.165, 1.54) is 6.33 Å². The second-order valence-corrected chi connectivity index (χ2v) is 11.3. The predicted molar refractivity (Wildman–Crippen MR) is 157 cm³/mol. The molecule has 0 saturated heterocycles. The molecular formula is C31H33N7O3. The Morgan fingerprint density at radius 2 is 1.71 bits per heavy atom. The first kappa shape index (κ1) is 27.6. The topological polar surface area (TPSA) is 141 Å². The second-order valence-electron chi connectivity index (χ2n) is 11.3. The van der Waals surface area contributed by atoms with E-state index in [1.54, 1.807) is 39.5 Å². The molecule has 1 aliphatic carbocycles. The number of allylic oxidation sites excluding steroid dienone is 1. The van der Waals surface area contributed by atoms with E-state index in [-0.39, 0.29) is 40.5 Å². The van der Waals surface area contributed by atoms with E-state index in [0.717, 1.165) is 0 Å². The Balaban J connectivity index is 1.38. The minimum absolute atomic E-state index is 0.0867. The highest BCUT2D eigenvalue weighted by Crippen LogP contribution is 2.32. The van der Waals surface area contributed by atoms with Crippen molar-refractivity contribution in [1.82, 2.24) is 24.4 Å². The number of nitrogens with one attached hydrogen (secondary N) is 1. The van der Waals surface area contributed by atoms with Crippen LogP contribution in [0.15, 0.2) is 77.4 Å². The van der Waals surface area contributed by atoms with Crippen LogP contribution in [0, 0.1) is 16.7 Å². The number of fused-ring (bicyclic) bond motifs is 1. The van der Waals surface area contributed by atoms with E-state index in [1.807, 2.05) is 57.2 Å². The number of anilines is 1. The second kappa shape index (κ2) is 11.3. The van der Waals surface area contributed by atoms with Crippen molar-refractivity contribution in [3.8, 4) is 23.3 Å². The van der Waals surface area contributed by atoms with Crippen molar-refractivity contribution in [2.45, 2.75) is 58.5 Å². The number of imidazole rings is 1. The first-order chi connectivity index (χ1) is 19.6. The summed E-state index contributed by atoms with van der Waals surface area (Å²) in [6.07, 6.45) is 5.69. The van der Waals surface area contributed by atoms with Crippen LogP contribution in [0.1, 0.15) is 52.5 Å². The molecule has 10 nitrogen and oxygen atoms in total. The van der Waals surface area contributed by atoms with Crippen LogP contribution in [0.5, 0.6) is 11.5 Å². The monoisotopic (exact) mass is 551 g/mol. The fourth-order valence-electron chi connectivity index (χ4n) is 5.25. The minimum Gasteiger partial charge on any atom is -0.457 e. The van der Waals surface area contributed by atoms with Crippen molar-refractivity contribution in [2.24, 2.45) is 5.41 Å². The summed E-state index contributed by atoms with van der Waals surface area (Å²) in [5.74, 6) is 1.21. The lowest BCUT2D eigenvalue weighted by Gasteiger charge is -2.29. The fraction of sp³-hybridized carbons (Fsp3) is 0.323. The molecule has 1 amide bonds. The molecule has 1 saturated carbocycles. The van der Waals surface area contributed by atoms with Gasteiger partial charge < -0.3 is 15.8 Å². The normalized spacial score (nSPS) is 17.7. The highest BCUT2D eigenvalue weighted by Gasteiger charge is 2.29. The molecule has 4 aromatic rings. The summed E-state index contributed by atoms with van der Waals surface area (Å²) in [7, 11) is 0. The molecule has 5 rings (SSSR count). The summed E-state index contributed by atoms with van der Waals surface area (Å²) in [5.41, 5.74) is 7.40. The van der Waals surface area contributed by atoms with Gasteiger partial charge in [-0.1, -0.05) is 45.0 Å². The predicted octanol–water partition coefficient (Wildman–Crippen LogP) is 5.05. The maximum absolute atomic E-state index is 13.9. The lowest BCUT2D eigenvalue weighted by atomic mass is 9.90. The number of hydrogen-bond donors (Lipinski definition) is 2. The van der Waals surface area contributed by atoms with Crippen LogP contribution in [0.2, 0.25) is 0 Å². The van der Waals surface area contributed by atoms with Gasteiger partial charge >= 0.3 is 5.69 Å². The molecular weight excluding hydrogens is 518 g/mol. The van der Waals surface area contributed by atoms with Crippen LogP contribution in [-0.2, 0) is 4.79 Å². The number of nitrogens with two attached hydrogens (primary N) is 1. The van der Waals surface area contributed by atoms with Gasteiger partial charge in [0.1, 0.15) is 35.0 Å². The zero-order chi connectivity index (χ0) is 29.1. The van der Waals surface area contributed by atoms with Gasteiger partial charge in [-0.3, -0.25) is 13.9 Å². The molecule has 0 unspecified atom stereocenters. The summed E-state index contributed by atoms with van der Waals surface area (Å²) in [4.78, 5) is 35.2. The largest absolute Gasteiger partial charge is 0.457 e. The molecule has 0 spiro atoms. The number of benzene rings is 2. The average Bonchev–Trinajstić information content (AvgIpc) is 3.25. The number of para-hydroxylation sites is 1. The number of rotatable bonds is 6. The van der Waals surface area contributed by atoms with E-state index < -0.39 is 0 Å². The van der Waals surface area contributed by atoms with Crippen LogP contribution in [0.25, 0.3) is 16.9 Å². The van der Waals surface area contributed by atoms with Crippen LogP contribution >= 0.6 is 0 Å². The van der Waals surface area contributed by atoms with Crippen LogP contribution < -0.4 is 21.5 Å². The van der Waals surface area contributed by atoms with Gasteiger partial charge in [0.05, 0.1) is 5.69 Å².